The molecule has 1 saturated heterocycles. The third-order valence-corrected chi connectivity index (χ3v) is 3.69. The van der Waals surface area contributed by atoms with Gasteiger partial charge in [-0.05, 0) is 31.0 Å². The van der Waals surface area contributed by atoms with Crippen molar-refractivity contribution in [3.63, 3.8) is 0 Å². The maximum absolute atomic E-state index is 7.68. The van der Waals surface area contributed by atoms with Gasteiger partial charge in [0.2, 0.25) is 0 Å². The largest absolute Gasteiger partial charge is 0.384 e. The van der Waals surface area contributed by atoms with Crippen LogP contribution in [0.5, 0.6) is 0 Å². The number of amidine groups is 1. The summed E-state index contributed by atoms with van der Waals surface area (Å²) in [6.07, 6.45) is 5.08. The predicted octanol–water partition coefficient (Wildman–Crippen LogP) is 3.11. The summed E-state index contributed by atoms with van der Waals surface area (Å²) in [7, 11) is 0. The summed E-state index contributed by atoms with van der Waals surface area (Å²) >= 11 is 3.43. The van der Waals surface area contributed by atoms with Crippen molar-refractivity contribution in [2.45, 2.75) is 25.7 Å². The molecule has 0 aliphatic carbocycles. The third-order valence-electron chi connectivity index (χ3n) is 3.20. The Hall–Kier alpha value is -1.03. The fourth-order valence-electron chi connectivity index (χ4n) is 2.31. The molecule has 2 rings (SSSR count). The third kappa shape index (κ3) is 3.00. The molecular weight excluding hydrogens is 278 g/mol. The highest BCUT2D eigenvalue weighted by Gasteiger charge is 2.15. The van der Waals surface area contributed by atoms with E-state index >= 15 is 0 Å². The van der Waals surface area contributed by atoms with Gasteiger partial charge in [0.25, 0.3) is 0 Å². The fourth-order valence-corrected chi connectivity index (χ4v) is 2.67. The number of nitrogens with two attached hydrogens (primary N) is 1. The number of nitrogen functional groups attached to an aromatic ring is 1. The number of nitrogens with one attached hydrogen (secondary N) is 1. The molecule has 0 bridgehead atoms. The zero-order chi connectivity index (χ0) is 12.3. The molecule has 0 aromatic heterocycles. The predicted molar refractivity (Wildman–Crippen MR) is 75.8 cm³/mol. The molecule has 0 radical (unpaired) electrons. The van der Waals surface area contributed by atoms with Crippen LogP contribution in [0.2, 0.25) is 0 Å². The van der Waals surface area contributed by atoms with Crippen LogP contribution in [0.15, 0.2) is 22.7 Å². The summed E-state index contributed by atoms with van der Waals surface area (Å²) in [6.45, 7) is 2.14. The van der Waals surface area contributed by atoms with Crippen molar-refractivity contribution in [3.05, 3.63) is 28.2 Å². The van der Waals surface area contributed by atoms with Crippen LogP contribution in [0.1, 0.15) is 31.2 Å². The number of halogens is 1. The van der Waals surface area contributed by atoms with E-state index in [1.165, 1.54) is 25.7 Å². The van der Waals surface area contributed by atoms with Gasteiger partial charge in [-0.3, -0.25) is 5.41 Å². The fraction of sp³-hybridized carbons (Fsp3) is 0.462. The molecule has 0 atom stereocenters. The zero-order valence-corrected chi connectivity index (χ0v) is 11.5. The Balaban J connectivity index is 2.32. The summed E-state index contributed by atoms with van der Waals surface area (Å²) < 4.78 is 0.973. The van der Waals surface area contributed by atoms with E-state index in [9.17, 15) is 0 Å². The second-order valence-corrected chi connectivity index (χ2v) is 5.39. The monoisotopic (exact) mass is 295 g/mol. The van der Waals surface area contributed by atoms with Crippen molar-refractivity contribution in [1.29, 1.82) is 5.41 Å². The molecule has 3 nitrogen and oxygen atoms in total. The Kier molecular flexibility index (Phi) is 4.05. The first-order valence-electron chi connectivity index (χ1n) is 6.07. The van der Waals surface area contributed by atoms with Gasteiger partial charge in [-0.1, -0.05) is 28.8 Å². The maximum Gasteiger partial charge on any atom is 0.124 e. The number of nitrogens with zero attached hydrogens (tertiary/aromatic N) is 1. The number of hydrogen-bond donors (Lipinski definition) is 2. The molecule has 0 unspecified atom stereocenters. The van der Waals surface area contributed by atoms with E-state index < -0.39 is 0 Å². The van der Waals surface area contributed by atoms with E-state index in [2.05, 4.69) is 26.9 Å². The quantitative estimate of drug-likeness (QED) is 0.651. The van der Waals surface area contributed by atoms with Crippen LogP contribution in [0.3, 0.4) is 0 Å². The van der Waals surface area contributed by atoms with Crippen molar-refractivity contribution in [2.24, 2.45) is 5.73 Å². The first-order chi connectivity index (χ1) is 8.18. The minimum absolute atomic E-state index is 0.144. The van der Waals surface area contributed by atoms with Gasteiger partial charge in [-0.2, -0.15) is 0 Å². The summed E-state index contributed by atoms with van der Waals surface area (Å²) in [5.74, 6) is 0.144. The van der Waals surface area contributed by atoms with Gasteiger partial charge in [0, 0.05) is 28.8 Å². The smallest absolute Gasteiger partial charge is 0.124 e. The van der Waals surface area contributed by atoms with E-state index in [1.807, 2.05) is 12.1 Å². The van der Waals surface area contributed by atoms with Gasteiger partial charge in [-0.25, -0.2) is 0 Å². The molecule has 1 aliphatic heterocycles. The summed E-state index contributed by atoms with van der Waals surface area (Å²) in [5, 5.41) is 7.68. The van der Waals surface area contributed by atoms with Crippen LogP contribution in [-0.4, -0.2) is 18.9 Å². The van der Waals surface area contributed by atoms with Gasteiger partial charge in [0.1, 0.15) is 5.84 Å². The SMILES string of the molecule is N=C(N)c1cc(Br)ccc1N1CCCCCC1. The van der Waals surface area contributed by atoms with E-state index in [4.69, 9.17) is 11.1 Å². The summed E-state index contributed by atoms with van der Waals surface area (Å²) in [4.78, 5) is 2.36. The molecule has 0 saturated carbocycles. The second kappa shape index (κ2) is 5.54. The van der Waals surface area contributed by atoms with Gasteiger partial charge in [0.05, 0.1) is 0 Å². The van der Waals surface area contributed by atoms with Crippen molar-refractivity contribution in [3.8, 4) is 0 Å². The van der Waals surface area contributed by atoms with Gasteiger partial charge in [0.15, 0.2) is 0 Å². The number of anilines is 1. The van der Waals surface area contributed by atoms with Crippen LogP contribution < -0.4 is 10.6 Å². The lowest BCUT2D eigenvalue weighted by Gasteiger charge is -2.25. The van der Waals surface area contributed by atoms with Crippen LogP contribution >= 0.6 is 15.9 Å². The highest BCUT2D eigenvalue weighted by molar-refractivity contribution is 9.10. The van der Waals surface area contributed by atoms with E-state index in [0.717, 1.165) is 28.8 Å². The Morgan fingerprint density at radius 1 is 1.18 bits per heavy atom. The molecule has 0 amide bonds. The molecule has 17 heavy (non-hydrogen) atoms. The molecule has 1 heterocycles. The molecule has 3 N–H and O–H groups in total. The van der Waals surface area contributed by atoms with E-state index in [1.54, 1.807) is 0 Å². The molecule has 4 heteroatoms. The van der Waals surface area contributed by atoms with Crippen molar-refractivity contribution in [2.75, 3.05) is 18.0 Å². The lowest BCUT2D eigenvalue weighted by atomic mass is 10.1. The Morgan fingerprint density at radius 2 is 1.82 bits per heavy atom. The molecule has 1 aromatic carbocycles. The number of hydrogen-bond acceptors (Lipinski definition) is 2. The average molecular weight is 296 g/mol. The Bertz CT molecular complexity index is 409. The molecule has 1 fully saturated rings. The van der Waals surface area contributed by atoms with Crippen molar-refractivity contribution < 1.29 is 0 Å². The van der Waals surface area contributed by atoms with Crippen LogP contribution in [0.4, 0.5) is 5.69 Å². The average Bonchev–Trinajstić information content (AvgIpc) is 2.57. The molecule has 1 aliphatic rings. The normalized spacial score (nSPS) is 16.6. The standard InChI is InChI=1S/C13H18BrN3/c14-10-5-6-12(11(9-10)13(15)16)17-7-3-1-2-4-8-17/h5-6,9H,1-4,7-8H2,(H3,15,16). The highest BCUT2D eigenvalue weighted by Crippen LogP contribution is 2.26. The molecule has 1 aromatic rings. The van der Waals surface area contributed by atoms with Crippen LogP contribution in [0.25, 0.3) is 0 Å². The lowest BCUT2D eigenvalue weighted by molar-refractivity contribution is 0.726. The molecule has 92 valence electrons. The topological polar surface area (TPSA) is 53.1 Å². The van der Waals surface area contributed by atoms with Crippen LogP contribution in [0, 0.1) is 5.41 Å². The first kappa shape index (κ1) is 12.4. The van der Waals surface area contributed by atoms with E-state index in [0.29, 0.717) is 0 Å². The Labute approximate surface area is 111 Å². The summed E-state index contributed by atoms with van der Waals surface area (Å²) in [6, 6.07) is 6.02. The minimum atomic E-state index is 0.144. The first-order valence-corrected chi connectivity index (χ1v) is 6.86. The number of benzene rings is 1. The molecular formula is C13H18BrN3. The lowest BCUT2D eigenvalue weighted by Crippen LogP contribution is -2.27. The van der Waals surface area contributed by atoms with Crippen molar-refractivity contribution >= 4 is 27.5 Å². The van der Waals surface area contributed by atoms with Crippen molar-refractivity contribution in [1.82, 2.24) is 0 Å². The molecule has 0 spiro atoms. The number of rotatable bonds is 2. The van der Waals surface area contributed by atoms with Crippen LogP contribution in [-0.2, 0) is 0 Å². The second-order valence-electron chi connectivity index (χ2n) is 4.48. The van der Waals surface area contributed by atoms with Gasteiger partial charge >= 0.3 is 0 Å². The maximum atomic E-state index is 7.68. The van der Waals surface area contributed by atoms with Gasteiger partial charge < -0.3 is 10.6 Å². The van der Waals surface area contributed by atoms with E-state index in [-0.39, 0.29) is 5.84 Å². The minimum Gasteiger partial charge on any atom is -0.384 e. The van der Waals surface area contributed by atoms with Gasteiger partial charge in [-0.15, -0.1) is 0 Å². The Morgan fingerprint density at radius 3 is 2.41 bits per heavy atom. The highest BCUT2D eigenvalue weighted by atomic mass is 79.9. The zero-order valence-electron chi connectivity index (χ0n) is 9.88. The summed E-state index contributed by atoms with van der Waals surface area (Å²) in [5.41, 5.74) is 7.60.